The van der Waals surface area contributed by atoms with Gasteiger partial charge in [-0.1, -0.05) is 51.1 Å². The molecule has 200 valence electrons. The topological polar surface area (TPSA) is 31.2 Å². The highest BCUT2D eigenvalue weighted by atomic mass is 35.5. The highest BCUT2D eigenvalue weighted by Gasteiger charge is 2.26. The number of hydrogen-bond acceptors (Lipinski definition) is 4. The third-order valence-corrected chi connectivity index (χ3v) is 6.86. The van der Waals surface area contributed by atoms with Crippen LogP contribution >= 0.6 is 11.6 Å². The summed E-state index contributed by atoms with van der Waals surface area (Å²) in [5.74, 6) is -1.04. The van der Waals surface area contributed by atoms with Gasteiger partial charge >= 0.3 is 0 Å². The van der Waals surface area contributed by atoms with Crippen molar-refractivity contribution in [2.24, 2.45) is 10.2 Å². The molecule has 0 radical (unpaired) electrons. The maximum Gasteiger partial charge on any atom is 0.278 e. The van der Waals surface area contributed by atoms with E-state index in [4.69, 9.17) is 11.6 Å². The van der Waals surface area contributed by atoms with Gasteiger partial charge in [-0.3, -0.25) is 4.90 Å². The van der Waals surface area contributed by atoms with Gasteiger partial charge in [0, 0.05) is 41.5 Å². The Bertz CT molecular complexity index is 1160. The lowest BCUT2D eigenvalue weighted by molar-refractivity contribution is 0.224. The highest BCUT2D eigenvalue weighted by molar-refractivity contribution is 6.31. The zero-order valence-corrected chi connectivity index (χ0v) is 22.2. The lowest BCUT2D eigenvalue weighted by Crippen LogP contribution is -2.35. The fourth-order valence-corrected chi connectivity index (χ4v) is 4.77. The molecule has 2 aromatic carbocycles. The zero-order chi connectivity index (χ0) is 27.1. The summed E-state index contributed by atoms with van der Waals surface area (Å²) >= 11 is 6.05. The second-order valence-corrected chi connectivity index (χ2v) is 9.25. The first kappa shape index (κ1) is 28.9. The molecule has 0 aliphatic carbocycles. The van der Waals surface area contributed by atoms with Crippen LogP contribution in [0.4, 0.5) is 23.2 Å². The van der Waals surface area contributed by atoms with E-state index in [2.05, 4.69) is 28.6 Å². The van der Waals surface area contributed by atoms with Gasteiger partial charge in [0.25, 0.3) is 6.43 Å². The SMILES string of the molecule is C=C(CN1CCCC1CC)N(Cc1ccc(C2=NN=C(C(F)F)C2)cc1F)c1ccc(F)c(Cl)c1.CC. The molecule has 0 bridgehead atoms. The summed E-state index contributed by atoms with van der Waals surface area (Å²) in [7, 11) is 0. The maximum absolute atomic E-state index is 15.2. The Hall–Kier alpha value is -2.71. The normalized spacial score (nSPS) is 17.4. The molecule has 0 saturated carbocycles. The zero-order valence-electron chi connectivity index (χ0n) is 21.5. The molecule has 0 aromatic heterocycles. The minimum atomic E-state index is -2.69. The molecule has 2 aromatic rings. The lowest BCUT2D eigenvalue weighted by atomic mass is 10.0. The van der Waals surface area contributed by atoms with Gasteiger partial charge in [-0.15, -0.1) is 0 Å². The van der Waals surface area contributed by atoms with Gasteiger partial charge in [0.05, 0.1) is 17.3 Å². The Labute approximate surface area is 221 Å². The smallest absolute Gasteiger partial charge is 0.278 e. The van der Waals surface area contributed by atoms with Crippen molar-refractivity contribution in [2.45, 2.75) is 65.5 Å². The number of nitrogens with zero attached hydrogens (tertiary/aromatic N) is 4. The Morgan fingerprint density at radius 1 is 1.14 bits per heavy atom. The highest BCUT2D eigenvalue weighted by Crippen LogP contribution is 2.30. The van der Waals surface area contributed by atoms with Crippen LogP contribution in [0.15, 0.2) is 58.9 Å². The summed E-state index contributed by atoms with van der Waals surface area (Å²) in [6, 6.07) is 9.37. The predicted molar refractivity (Wildman–Crippen MR) is 144 cm³/mol. The lowest BCUT2D eigenvalue weighted by Gasteiger charge is -2.32. The van der Waals surface area contributed by atoms with E-state index in [0.29, 0.717) is 35.1 Å². The Balaban J connectivity index is 0.00000186. The molecule has 2 heterocycles. The molecule has 2 aliphatic rings. The van der Waals surface area contributed by atoms with Gasteiger partial charge < -0.3 is 4.90 Å². The van der Waals surface area contributed by atoms with E-state index in [1.165, 1.54) is 18.2 Å². The number of likely N-dealkylation sites (tertiary alicyclic amines) is 1. The molecule has 1 saturated heterocycles. The van der Waals surface area contributed by atoms with Crippen molar-refractivity contribution in [3.05, 3.63) is 76.5 Å². The van der Waals surface area contributed by atoms with Gasteiger partial charge in [0.1, 0.15) is 17.3 Å². The number of halogens is 5. The van der Waals surface area contributed by atoms with Crippen LogP contribution in [0.25, 0.3) is 0 Å². The van der Waals surface area contributed by atoms with E-state index in [-0.39, 0.29) is 23.7 Å². The molecule has 37 heavy (non-hydrogen) atoms. The van der Waals surface area contributed by atoms with E-state index in [9.17, 15) is 13.2 Å². The van der Waals surface area contributed by atoms with Crippen LogP contribution in [0, 0.1) is 11.6 Å². The van der Waals surface area contributed by atoms with Crippen LogP contribution in [-0.2, 0) is 6.54 Å². The van der Waals surface area contributed by atoms with Gasteiger partial charge in [0.15, 0.2) is 0 Å². The van der Waals surface area contributed by atoms with E-state index >= 15 is 4.39 Å². The minimum Gasteiger partial charge on any atom is -0.340 e. The molecular weight excluding hydrogens is 504 g/mol. The fourth-order valence-electron chi connectivity index (χ4n) is 4.60. The molecule has 9 heteroatoms. The van der Waals surface area contributed by atoms with Crippen LogP contribution in [0.5, 0.6) is 0 Å². The Morgan fingerprint density at radius 3 is 2.51 bits per heavy atom. The average molecular weight is 537 g/mol. The second kappa shape index (κ2) is 13.2. The third-order valence-electron chi connectivity index (χ3n) is 6.57. The molecule has 1 atom stereocenters. The first-order valence-corrected chi connectivity index (χ1v) is 13.0. The number of anilines is 1. The molecule has 2 aliphatic heterocycles. The number of benzene rings is 2. The van der Waals surface area contributed by atoms with Gasteiger partial charge in [-0.25, -0.2) is 17.6 Å². The van der Waals surface area contributed by atoms with Gasteiger partial charge in [0.2, 0.25) is 0 Å². The largest absolute Gasteiger partial charge is 0.340 e. The van der Waals surface area contributed by atoms with Crippen LogP contribution in [-0.4, -0.2) is 41.9 Å². The summed E-state index contributed by atoms with van der Waals surface area (Å²) < 4.78 is 54.8. The summed E-state index contributed by atoms with van der Waals surface area (Å²) in [6.07, 6.45) is 0.480. The van der Waals surface area contributed by atoms with Crippen LogP contribution < -0.4 is 4.90 Å². The van der Waals surface area contributed by atoms with E-state index in [1.54, 1.807) is 18.2 Å². The first-order valence-electron chi connectivity index (χ1n) is 12.6. The Kier molecular flexibility index (Phi) is 10.3. The molecule has 0 N–H and O–H groups in total. The van der Waals surface area contributed by atoms with Crippen molar-refractivity contribution in [2.75, 3.05) is 18.0 Å². The van der Waals surface area contributed by atoms with E-state index < -0.39 is 18.1 Å². The van der Waals surface area contributed by atoms with Crippen LogP contribution in [0.2, 0.25) is 5.02 Å². The van der Waals surface area contributed by atoms with Crippen molar-refractivity contribution >= 4 is 28.7 Å². The van der Waals surface area contributed by atoms with Crippen molar-refractivity contribution < 1.29 is 17.6 Å². The number of hydrogen-bond donors (Lipinski definition) is 0. The monoisotopic (exact) mass is 536 g/mol. The Morgan fingerprint density at radius 2 is 1.89 bits per heavy atom. The van der Waals surface area contributed by atoms with Crippen LogP contribution in [0.3, 0.4) is 0 Å². The van der Waals surface area contributed by atoms with E-state index in [0.717, 1.165) is 31.5 Å². The summed E-state index contributed by atoms with van der Waals surface area (Å²) in [5.41, 5.74) is 2.10. The van der Waals surface area contributed by atoms with Crippen molar-refractivity contribution in [3.8, 4) is 0 Å². The summed E-state index contributed by atoms with van der Waals surface area (Å²) in [5, 5.41) is 7.25. The molecule has 0 spiro atoms. The van der Waals surface area contributed by atoms with Crippen molar-refractivity contribution in [1.29, 1.82) is 0 Å². The van der Waals surface area contributed by atoms with Crippen LogP contribution in [0.1, 0.15) is 57.6 Å². The van der Waals surface area contributed by atoms with E-state index in [1.807, 2.05) is 18.7 Å². The third kappa shape index (κ3) is 6.99. The fraction of sp³-hybridized carbons (Fsp3) is 0.429. The molecule has 1 unspecified atom stereocenters. The maximum atomic E-state index is 15.2. The van der Waals surface area contributed by atoms with Gasteiger partial charge in [-0.2, -0.15) is 10.2 Å². The molecule has 1 fully saturated rings. The van der Waals surface area contributed by atoms with Gasteiger partial charge in [-0.05, 0) is 50.1 Å². The average Bonchev–Trinajstić information content (AvgIpc) is 3.56. The van der Waals surface area contributed by atoms with Crippen molar-refractivity contribution in [1.82, 2.24) is 4.90 Å². The minimum absolute atomic E-state index is 0.0298. The second-order valence-electron chi connectivity index (χ2n) is 8.85. The molecule has 0 amide bonds. The quantitative estimate of drug-likeness (QED) is 0.305. The number of alkyl halides is 2. The standard InChI is InChI=1S/C26H27ClF4N4.C2H6/c1-3-19-5-4-10-34(19)14-16(2)35(20-8-9-22(28)21(27)12-20)15-18-7-6-17(11-23(18)29)24-13-25(26(30)31)33-32-24;1-2/h6-9,11-12,19,26H,2-5,10,13-15H2,1H3;1-2H3. The van der Waals surface area contributed by atoms with Crippen molar-refractivity contribution in [3.63, 3.8) is 0 Å². The predicted octanol–water partition coefficient (Wildman–Crippen LogP) is 7.85. The summed E-state index contributed by atoms with van der Waals surface area (Å²) in [4.78, 5) is 4.19. The molecular formula is C28H33ClF4N4. The molecule has 4 rings (SSSR count). The molecule has 4 nitrogen and oxygen atoms in total. The summed E-state index contributed by atoms with van der Waals surface area (Å²) in [6.45, 7) is 12.1. The first-order chi connectivity index (χ1) is 17.8. The number of rotatable bonds is 9.